The minimum absolute atomic E-state index is 0.0754. The van der Waals surface area contributed by atoms with Gasteiger partial charge in [0.2, 0.25) is 0 Å². The van der Waals surface area contributed by atoms with E-state index < -0.39 is 10.8 Å². The maximum absolute atomic E-state index is 13.2. The highest BCUT2D eigenvalue weighted by atomic mass is 16.5. The van der Waals surface area contributed by atoms with Gasteiger partial charge in [0, 0.05) is 29.2 Å². The summed E-state index contributed by atoms with van der Waals surface area (Å²) in [7, 11) is 0. The number of esters is 1. The largest absolute Gasteiger partial charge is 0.492 e. The van der Waals surface area contributed by atoms with Gasteiger partial charge in [-0.2, -0.15) is 0 Å². The highest BCUT2D eigenvalue weighted by Crippen LogP contribution is 2.44. The highest BCUT2D eigenvalue weighted by Gasteiger charge is 2.35. The normalized spacial score (nSPS) is 22.1. The van der Waals surface area contributed by atoms with Gasteiger partial charge in [0.25, 0.3) is 0 Å². The van der Waals surface area contributed by atoms with E-state index in [1.165, 1.54) is 11.1 Å². The van der Waals surface area contributed by atoms with Crippen LogP contribution in [0.5, 0.6) is 0 Å². The zero-order valence-electron chi connectivity index (χ0n) is 25.6. The van der Waals surface area contributed by atoms with Crippen molar-refractivity contribution in [3.8, 4) is 0 Å². The van der Waals surface area contributed by atoms with Crippen molar-refractivity contribution in [3.05, 3.63) is 82.9 Å². The van der Waals surface area contributed by atoms with Gasteiger partial charge in [-0.1, -0.05) is 95.2 Å². The Morgan fingerprint density at radius 1 is 0.795 bits per heavy atom. The summed E-state index contributed by atoms with van der Waals surface area (Å²) in [5, 5.41) is 0. The number of carbonyl (C=O) groups is 2. The maximum Gasteiger partial charge on any atom is 0.324 e. The van der Waals surface area contributed by atoms with Crippen molar-refractivity contribution in [1.82, 2.24) is 0 Å². The van der Waals surface area contributed by atoms with Gasteiger partial charge in [0.15, 0.2) is 5.78 Å². The molecule has 0 spiro atoms. The smallest absolute Gasteiger partial charge is 0.324 e. The Kier molecular flexibility index (Phi) is 9.20. The van der Waals surface area contributed by atoms with Gasteiger partial charge < -0.3 is 9.47 Å². The van der Waals surface area contributed by atoms with E-state index in [1.54, 1.807) is 24.3 Å². The molecule has 3 rings (SSSR count). The molecule has 0 aromatic rings. The first-order valence-electron chi connectivity index (χ1n) is 14.5. The van der Waals surface area contributed by atoms with Gasteiger partial charge in [-0.25, -0.2) is 0 Å². The number of allylic oxidation sites excluding steroid dienone is 12. The number of carbonyl (C=O) groups excluding carboxylic acids is 2. The first-order valence-corrected chi connectivity index (χ1v) is 14.5. The quantitative estimate of drug-likeness (QED) is 0.263. The monoisotopic (exact) mass is 532 g/mol. The molecule has 3 aliphatic carbocycles. The molecule has 0 aliphatic heterocycles. The third kappa shape index (κ3) is 7.21. The third-order valence-electron chi connectivity index (χ3n) is 8.84. The highest BCUT2D eigenvalue weighted by molar-refractivity contribution is 6.02. The first kappa shape index (κ1) is 30.7. The molecule has 0 heterocycles. The van der Waals surface area contributed by atoms with Gasteiger partial charge in [-0.05, 0) is 58.6 Å². The minimum atomic E-state index is -0.940. The summed E-state index contributed by atoms with van der Waals surface area (Å²) >= 11 is 0. The number of hydrogen-bond acceptors (Lipinski definition) is 4. The van der Waals surface area contributed by atoms with Crippen molar-refractivity contribution in [2.45, 2.75) is 106 Å². The predicted molar refractivity (Wildman–Crippen MR) is 160 cm³/mol. The molecule has 0 N–H and O–H groups in total. The summed E-state index contributed by atoms with van der Waals surface area (Å²) in [6.07, 6.45) is 22.5. The van der Waals surface area contributed by atoms with Gasteiger partial charge in [0.1, 0.15) is 16.8 Å². The van der Waals surface area contributed by atoms with Crippen LogP contribution in [0.2, 0.25) is 0 Å². The second-order valence-electron chi connectivity index (χ2n) is 13.0. The van der Waals surface area contributed by atoms with Crippen LogP contribution in [0.25, 0.3) is 0 Å². The van der Waals surface area contributed by atoms with E-state index in [0.29, 0.717) is 17.8 Å². The number of Topliss-reactive ketones (excluding diaryl/α,β-unsaturated/α-hetero) is 1. The van der Waals surface area contributed by atoms with Crippen LogP contribution in [0, 0.1) is 16.2 Å². The average molecular weight is 533 g/mol. The fourth-order valence-corrected chi connectivity index (χ4v) is 4.87. The van der Waals surface area contributed by atoms with E-state index >= 15 is 0 Å². The molecule has 0 saturated carbocycles. The Morgan fingerprint density at radius 3 is 1.90 bits per heavy atom. The van der Waals surface area contributed by atoms with E-state index in [2.05, 4.69) is 52.8 Å². The van der Waals surface area contributed by atoms with Gasteiger partial charge in [-0.3, -0.25) is 9.59 Å². The Labute approximate surface area is 236 Å². The molecule has 4 nitrogen and oxygen atoms in total. The summed E-state index contributed by atoms with van der Waals surface area (Å²) in [5.41, 5.74) is 1.75. The molecular weight excluding hydrogens is 484 g/mol. The van der Waals surface area contributed by atoms with Crippen LogP contribution in [-0.2, 0) is 19.1 Å². The SMILES string of the molecule is CCC(C)(C)OC1=CC=C(C(C)(C)C2=CC=C(OC(=O)C3(C)C=CC=C(C(=O)C(C)(C)CC)C=C3)CC2)CC1. The number of rotatable bonds is 10. The Morgan fingerprint density at radius 2 is 1.38 bits per heavy atom. The second-order valence-corrected chi connectivity index (χ2v) is 13.0. The molecule has 39 heavy (non-hydrogen) atoms. The molecule has 4 heteroatoms. The lowest BCUT2D eigenvalue weighted by atomic mass is 9.71. The standard InChI is InChI=1S/C35H48O4/c1-10-32(3,4)30(36)25-13-12-23-35(9,24-22-25)31(37)38-28-18-14-26(15-19-28)34(7,8)27-16-20-29(21-17-27)39-33(5,6)11-2/h12-14,16,18,20,22-24H,10-11,15,17,19,21H2,1-9H3. The van der Waals surface area contributed by atoms with E-state index in [9.17, 15) is 9.59 Å². The average Bonchev–Trinajstić information content (AvgIpc) is 3.11. The van der Waals surface area contributed by atoms with Crippen LogP contribution in [0.15, 0.2) is 82.9 Å². The Bertz CT molecular complexity index is 1190. The molecule has 0 radical (unpaired) electrons. The van der Waals surface area contributed by atoms with Crippen molar-refractivity contribution in [2.75, 3.05) is 0 Å². The molecule has 0 bridgehead atoms. The molecular formula is C35H48O4. The summed E-state index contributed by atoms with van der Waals surface area (Å²) in [5.74, 6) is 1.48. The topological polar surface area (TPSA) is 52.6 Å². The fraction of sp³-hybridized carbons (Fsp3) is 0.543. The Hall–Kier alpha value is -2.88. The summed E-state index contributed by atoms with van der Waals surface area (Å²) in [6, 6.07) is 0. The van der Waals surface area contributed by atoms with Gasteiger partial charge in [0.05, 0.1) is 5.76 Å². The zero-order chi connectivity index (χ0) is 29.1. The molecule has 1 atom stereocenters. The van der Waals surface area contributed by atoms with Crippen LogP contribution in [0.1, 0.15) is 101 Å². The van der Waals surface area contributed by atoms with Crippen molar-refractivity contribution in [1.29, 1.82) is 0 Å². The van der Waals surface area contributed by atoms with E-state index in [-0.39, 0.29) is 22.8 Å². The van der Waals surface area contributed by atoms with Crippen LogP contribution in [0.3, 0.4) is 0 Å². The first-order chi connectivity index (χ1) is 18.1. The van der Waals surface area contributed by atoms with E-state index in [0.717, 1.165) is 37.9 Å². The molecule has 0 aromatic carbocycles. The van der Waals surface area contributed by atoms with Crippen molar-refractivity contribution in [3.63, 3.8) is 0 Å². The predicted octanol–water partition coefficient (Wildman–Crippen LogP) is 9.03. The van der Waals surface area contributed by atoms with Gasteiger partial charge >= 0.3 is 5.97 Å². The van der Waals surface area contributed by atoms with Crippen molar-refractivity contribution >= 4 is 11.8 Å². The van der Waals surface area contributed by atoms with Crippen molar-refractivity contribution in [2.24, 2.45) is 16.2 Å². The minimum Gasteiger partial charge on any atom is -0.492 e. The zero-order valence-corrected chi connectivity index (χ0v) is 25.6. The van der Waals surface area contributed by atoms with Crippen LogP contribution >= 0.6 is 0 Å². The van der Waals surface area contributed by atoms with E-state index in [4.69, 9.17) is 9.47 Å². The van der Waals surface area contributed by atoms with Crippen LogP contribution in [-0.4, -0.2) is 17.4 Å². The van der Waals surface area contributed by atoms with Gasteiger partial charge in [-0.15, -0.1) is 0 Å². The lowest BCUT2D eigenvalue weighted by molar-refractivity contribution is -0.145. The van der Waals surface area contributed by atoms with Crippen molar-refractivity contribution < 1.29 is 19.1 Å². The lowest BCUT2D eigenvalue weighted by Crippen LogP contribution is -2.27. The molecule has 212 valence electrons. The summed E-state index contributed by atoms with van der Waals surface area (Å²) < 4.78 is 12.1. The van der Waals surface area contributed by atoms with Crippen LogP contribution in [0.4, 0.5) is 0 Å². The third-order valence-corrected chi connectivity index (χ3v) is 8.84. The number of ketones is 1. The molecule has 1 unspecified atom stereocenters. The molecule has 0 fully saturated rings. The van der Waals surface area contributed by atoms with E-state index in [1.807, 2.05) is 39.8 Å². The summed E-state index contributed by atoms with van der Waals surface area (Å²) in [6.45, 7) is 18.7. The molecule has 0 amide bonds. The fourth-order valence-electron chi connectivity index (χ4n) is 4.87. The second kappa shape index (κ2) is 11.7. The molecule has 0 aromatic heterocycles. The Balaban J connectivity index is 1.68. The number of hydrogen-bond donors (Lipinski definition) is 0. The lowest BCUT2D eigenvalue weighted by Gasteiger charge is -2.35. The number of ether oxygens (including phenoxy) is 2. The summed E-state index contributed by atoms with van der Waals surface area (Å²) in [4.78, 5) is 26.1. The molecule has 0 saturated heterocycles. The maximum atomic E-state index is 13.2. The molecule has 3 aliphatic rings. The van der Waals surface area contributed by atoms with Crippen LogP contribution < -0.4 is 0 Å².